The standard InChI is InChI=1S/C11H20N2O/c1-6-12-8-11(5,9(3)4)13(7-2)10(12)14/h3,6-8H2,1-2,4-5H3. The number of hydrogen-bond donors (Lipinski definition) is 0. The summed E-state index contributed by atoms with van der Waals surface area (Å²) in [4.78, 5) is 15.7. The van der Waals surface area contributed by atoms with Crippen LogP contribution in [0.25, 0.3) is 0 Å². The number of carbonyl (C=O) groups excluding carboxylic acids is 1. The largest absolute Gasteiger partial charge is 0.322 e. The van der Waals surface area contributed by atoms with Crippen LogP contribution in [0.1, 0.15) is 27.7 Å². The Morgan fingerprint density at radius 1 is 1.50 bits per heavy atom. The SMILES string of the molecule is C=C(C)C1(C)CN(CC)C(=O)N1CC. The van der Waals surface area contributed by atoms with Crippen LogP contribution in [-0.2, 0) is 0 Å². The van der Waals surface area contributed by atoms with E-state index < -0.39 is 0 Å². The van der Waals surface area contributed by atoms with Gasteiger partial charge in [-0.1, -0.05) is 12.2 Å². The lowest BCUT2D eigenvalue weighted by molar-refractivity contribution is 0.180. The summed E-state index contributed by atoms with van der Waals surface area (Å²) in [6.07, 6.45) is 0. The molecule has 0 radical (unpaired) electrons. The third-order valence-corrected chi connectivity index (χ3v) is 3.21. The van der Waals surface area contributed by atoms with Gasteiger partial charge in [0.05, 0.1) is 5.54 Å². The fourth-order valence-electron chi connectivity index (χ4n) is 2.00. The van der Waals surface area contributed by atoms with Crippen molar-refractivity contribution in [3.63, 3.8) is 0 Å². The quantitative estimate of drug-likeness (QED) is 0.634. The molecule has 1 aliphatic rings. The first-order valence-corrected chi connectivity index (χ1v) is 5.19. The van der Waals surface area contributed by atoms with Crippen molar-refractivity contribution >= 4 is 6.03 Å². The molecular formula is C11H20N2O. The fourth-order valence-corrected chi connectivity index (χ4v) is 2.00. The lowest BCUT2D eigenvalue weighted by Crippen LogP contribution is -2.45. The van der Waals surface area contributed by atoms with E-state index in [2.05, 4.69) is 13.5 Å². The van der Waals surface area contributed by atoms with Gasteiger partial charge in [-0.2, -0.15) is 0 Å². The molecule has 0 aromatic rings. The van der Waals surface area contributed by atoms with Crippen molar-refractivity contribution in [3.05, 3.63) is 12.2 Å². The van der Waals surface area contributed by atoms with Gasteiger partial charge in [0.2, 0.25) is 0 Å². The fraction of sp³-hybridized carbons (Fsp3) is 0.727. The minimum Gasteiger partial charge on any atom is -0.322 e. The highest BCUT2D eigenvalue weighted by atomic mass is 16.2. The van der Waals surface area contributed by atoms with Gasteiger partial charge in [0.15, 0.2) is 0 Å². The molecule has 1 rings (SSSR count). The van der Waals surface area contributed by atoms with E-state index in [0.29, 0.717) is 0 Å². The average Bonchev–Trinajstić information content (AvgIpc) is 2.39. The lowest BCUT2D eigenvalue weighted by Gasteiger charge is -2.33. The molecule has 0 N–H and O–H groups in total. The van der Waals surface area contributed by atoms with Crippen LogP contribution in [0.4, 0.5) is 4.79 Å². The monoisotopic (exact) mass is 196 g/mol. The van der Waals surface area contributed by atoms with Crippen LogP contribution in [0.5, 0.6) is 0 Å². The summed E-state index contributed by atoms with van der Waals surface area (Å²) in [7, 11) is 0. The summed E-state index contributed by atoms with van der Waals surface area (Å²) in [5, 5.41) is 0. The van der Waals surface area contributed by atoms with Gasteiger partial charge >= 0.3 is 6.03 Å². The summed E-state index contributed by atoms with van der Waals surface area (Å²) in [5.41, 5.74) is 0.880. The van der Waals surface area contributed by atoms with Gasteiger partial charge in [-0.15, -0.1) is 0 Å². The zero-order chi connectivity index (χ0) is 10.9. The van der Waals surface area contributed by atoms with E-state index in [4.69, 9.17) is 0 Å². The highest BCUT2D eigenvalue weighted by Gasteiger charge is 2.45. The molecule has 0 aromatic heterocycles. The van der Waals surface area contributed by atoms with Crippen LogP contribution in [0, 0.1) is 0 Å². The second-order valence-electron chi connectivity index (χ2n) is 4.10. The van der Waals surface area contributed by atoms with E-state index in [-0.39, 0.29) is 11.6 Å². The molecule has 0 aromatic carbocycles. The molecule has 1 atom stereocenters. The van der Waals surface area contributed by atoms with Crippen molar-refractivity contribution in [1.29, 1.82) is 0 Å². The minimum atomic E-state index is -0.179. The zero-order valence-corrected chi connectivity index (χ0v) is 9.63. The van der Waals surface area contributed by atoms with Crippen LogP contribution in [0.3, 0.4) is 0 Å². The molecule has 1 heterocycles. The molecule has 80 valence electrons. The summed E-state index contributed by atoms with van der Waals surface area (Å²) >= 11 is 0. The highest BCUT2D eigenvalue weighted by Crippen LogP contribution is 2.31. The maximum absolute atomic E-state index is 11.9. The van der Waals surface area contributed by atoms with E-state index in [0.717, 1.165) is 25.2 Å². The Balaban J connectivity index is 2.99. The molecule has 0 spiro atoms. The number of amides is 2. The van der Waals surface area contributed by atoms with Gasteiger partial charge in [0.25, 0.3) is 0 Å². The Labute approximate surface area is 86.4 Å². The highest BCUT2D eigenvalue weighted by molar-refractivity contribution is 5.79. The Hall–Kier alpha value is -0.990. The molecule has 0 bridgehead atoms. The van der Waals surface area contributed by atoms with E-state index in [1.807, 2.05) is 30.6 Å². The third-order valence-electron chi connectivity index (χ3n) is 3.21. The maximum atomic E-state index is 11.9. The molecule has 0 saturated carbocycles. The Kier molecular flexibility index (Phi) is 2.88. The van der Waals surface area contributed by atoms with Crippen molar-refractivity contribution in [1.82, 2.24) is 9.80 Å². The molecule has 1 aliphatic heterocycles. The summed E-state index contributed by atoms with van der Waals surface area (Å²) < 4.78 is 0. The normalized spacial score (nSPS) is 27.3. The van der Waals surface area contributed by atoms with Crippen molar-refractivity contribution < 1.29 is 4.79 Å². The number of likely N-dealkylation sites (N-methyl/N-ethyl adjacent to an activating group) is 2. The topological polar surface area (TPSA) is 23.6 Å². The second kappa shape index (κ2) is 3.64. The Morgan fingerprint density at radius 2 is 2.07 bits per heavy atom. The van der Waals surface area contributed by atoms with Gasteiger partial charge in [-0.25, -0.2) is 4.79 Å². The van der Waals surface area contributed by atoms with Crippen LogP contribution < -0.4 is 0 Å². The van der Waals surface area contributed by atoms with Gasteiger partial charge < -0.3 is 9.80 Å². The van der Waals surface area contributed by atoms with Crippen LogP contribution in [0.2, 0.25) is 0 Å². The van der Waals surface area contributed by atoms with E-state index >= 15 is 0 Å². The van der Waals surface area contributed by atoms with E-state index in [9.17, 15) is 4.79 Å². The molecule has 2 amide bonds. The molecule has 1 saturated heterocycles. The van der Waals surface area contributed by atoms with Gasteiger partial charge in [-0.05, 0) is 27.7 Å². The zero-order valence-electron chi connectivity index (χ0n) is 9.63. The molecule has 3 nitrogen and oxygen atoms in total. The number of carbonyl (C=O) groups is 1. The number of rotatable bonds is 3. The third kappa shape index (κ3) is 1.41. The molecular weight excluding hydrogens is 176 g/mol. The van der Waals surface area contributed by atoms with Crippen LogP contribution in [0.15, 0.2) is 12.2 Å². The molecule has 14 heavy (non-hydrogen) atoms. The van der Waals surface area contributed by atoms with Crippen molar-refractivity contribution in [2.24, 2.45) is 0 Å². The maximum Gasteiger partial charge on any atom is 0.320 e. The number of hydrogen-bond acceptors (Lipinski definition) is 1. The summed E-state index contributed by atoms with van der Waals surface area (Å²) in [6, 6.07) is 0.139. The summed E-state index contributed by atoms with van der Waals surface area (Å²) in [5.74, 6) is 0. The average molecular weight is 196 g/mol. The first-order chi connectivity index (χ1) is 6.47. The van der Waals surface area contributed by atoms with E-state index in [1.54, 1.807) is 0 Å². The van der Waals surface area contributed by atoms with Crippen molar-refractivity contribution in [2.45, 2.75) is 33.2 Å². The van der Waals surface area contributed by atoms with Crippen molar-refractivity contribution in [3.8, 4) is 0 Å². The van der Waals surface area contributed by atoms with Crippen LogP contribution in [-0.4, -0.2) is 41.0 Å². The molecule has 1 fully saturated rings. The predicted molar refractivity (Wildman–Crippen MR) is 58.2 cm³/mol. The van der Waals surface area contributed by atoms with Gasteiger partial charge in [0, 0.05) is 19.6 Å². The second-order valence-corrected chi connectivity index (χ2v) is 4.10. The lowest BCUT2D eigenvalue weighted by atomic mass is 9.93. The van der Waals surface area contributed by atoms with E-state index in [1.165, 1.54) is 0 Å². The molecule has 3 heteroatoms. The molecule has 1 unspecified atom stereocenters. The van der Waals surface area contributed by atoms with Crippen LogP contribution >= 0.6 is 0 Å². The Bertz CT molecular complexity index is 262. The number of nitrogens with zero attached hydrogens (tertiary/aromatic N) is 2. The Morgan fingerprint density at radius 3 is 2.36 bits per heavy atom. The van der Waals surface area contributed by atoms with Gasteiger partial charge in [-0.3, -0.25) is 0 Å². The summed E-state index contributed by atoms with van der Waals surface area (Å²) in [6.45, 7) is 14.4. The smallest absolute Gasteiger partial charge is 0.320 e. The number of urea groups is 1. The first kappa shape index (κ1) is 11.1. The molecule has 0 aliphatic carbocycles. The predicted octanol–water partition coefficient (Wildman–Crippen LogP) is 2.10. The van der Waals surface area contributed by atoms with Gasteiger partial charge in [0.1, 0.15) is 0 Å². The van der Waals surface area contributed by atoms with Crippen molar-refractivity contribution in [2.75, 3.05) is 19.6 Å². The first-order valence-electron chi connectivity index (χ1n) is 5.19. The minimum absolute atomic E-state index is 0.139.